The molecule has 1 aromatic heterocycles. The maximum absolute atomic E-state index is 14.0. The van der Waals surface area contributed by atoms with Gasteiger partial charge in [0, 0.05) is 28.6 Å². The molecule has 0 aliphatic heterocycles. The van der Waals surface area contributed by atoms with Crippen molar-refractivity contribution >= 4 is 37.9 Å². The molecule has 0 atom stereocenters. The van der Waals surface area contributed by atoms with Crippen LogP contribution < -0.4 is 14.9 Å². The minimum absolute atomic E-state index is 0.111. The van der Waals surface area contributed by atoms with E-state index in [0.29, 0.717) is 70.5 Å². The van der Waals surface area contributed by atoms with Gasteiger partial charge in [0.1, 0.15) is 33.8 Å². The van der Waals surface area contributed by atoms with Crippen molar-refractivity contribution in [1.29, 1.82) is 0 Å². The first-order valence-corrected chi connectivity index (χ1v) is 13.3. The Balaban J connectivity index is 2.44. The van der Waals surface area contributed by atoms with Crippen molar-refractivity contribution in [2.75, 3.05) is 18.5 Å². The third-order valence-corrected chi connectivity index (χ3v) is 6.18. The Morgan fingerprint density at radius 2 is 1.47 bits per heavy atom. The number of fused-ring (bicyclic) bond motifs is 2. The highest BCUT2D eigenvalue weighted by Gasteiger charge is 2.23. The van der Waals surface area contributed by atoms with Crippen LogP contribution in [0.15, 0.2) is 44.6 Å². The van der Waals surface area contributed by atoms with Crippen LogP contribution in [0.25, 0.3) is 21.9 Å². The highest BCUT2D eigenvalue weighted by atomic mass is 79.9. The Morgan fingerprint density at radius 3 is 2.03 bits per heavy atom. The van der Waals surface area contributed by atoms with Crippen LogP contribution in [-0.4, -0.2) is 28.8 Å². The molecule has 0 amide bonds. The molecule has 6 nitrogen and oxygen atoms in total. The van der Waals surface area contributed by atoms with Gasteiger partial charge in [-0.1, -0.05) is 46.2 Å². The minimum Gasteiger partial charge on any atom is -0.507 e. The maximum Gasteiger partial charge on any atom is 0.204 e. The number of rotatable bonds is 11. The zero-order chi connectivity index (χ0) is 26.4. The van der Waals surface area contributed by atoms with Gasteiger partial charge in [0.15, 0.2) is 0 Å². The van der Waals surface area contributed by atoms with Crippen molar-refractivity contribution < 1.29 is 24.1 Å². The molecule has 0 fully saturated rings. The Morgan fingerprint density at radius 1 is 0.917 bits per heavy atom. The third kappa shape index (κ3) is 5.95. The molecule has 194 valence electrons. The summed E-state index contributed by atoms with van der Waals surface area (Å²) in [5, 5.41) is 22.6. The van der Waals surface area contributed by atoms with E-state index in [2.05, 4.69) is 15.9 Å². The number of phenols is 1. The summed E-state index contributed by atoms with van der Waals surface area (Å²) in [6, 6.07) is 3.34. The van der Waals surface area contributed by atoms with E-state index in [9.17, 15) is 15.0 Å². The molecule has 1 heterocycles. The van der Waals surface area contributed by atoms with Gasteiger partial charge < -0.3 is 24.1 Å². The van der Waals surface area contributed by atoms with Crippen LogP contribution in [0.5, 0.6) is 17.2 Å². The zero-order valence-electron chi connectivity index (χ0n) is 21.7. The highest BCUT2D eigenvalue weighted by Crippen LogP contribution is 2.39. The monoisotopic (exact) mass is 558 g/mol. The molecule has 0 bridgehead atoms. The average Bonchev–Trinajstić information content (AvgIpc) is 2.83. The van der Waals surface area contributed by atoms with Crippen molar-refractivity contribution in [3.8, 4) is 17.2 Å². The van der Waals surface area contributed by atoms with Gasteiger partial charge in [-0.15, -0.1) is 0 Å². The molecule has 0 radical (unpaired) electrons. The van der Waals surface area contributed by atoms with E-state index < -0.39 is 0 Å². The normalized spacial score (nSPS) is 11.1. The molecular weight excluding hydrogens is 524 g/mol. The van der Waals surface area contributed by atoms with Gasteiger partial charge in [-0.25, -0.2) is 0 Å². The first-order valence-electron chi connectivity index (χ1n) is 12.2. The van der Waals surface area contributed by atoms with Gasteiger partial charge in [-0.05, 0) is 52.5 Å². The molecule has 2 N–H and O–H groups in total. The molecule has 0 aliphatic rings. The Bertz CT molecular complexity index is 1360. The van der Waals surface area contributed by atoms with Crippen LogP contribution in [0.1, 0.15) is 57.7 Å². The summed E-state index contributed by atoms with van der Waals surface area (Å²) < 4.78 is 18.1. The number of phenolic OH excluding ortho intramolecular Hbond substituents is 1. The number of hydrogen-bond acceptors (Lipinski definition) is 6. The second kappa shape index (κ2) is 12.5. The first kappa shape index (κ1) is 27.8. The lowest BCUT2D eigenvalue weighted by molar-refractivity contribution is 0.267. The summed E-state index contributed by atoms with van der Waals surface area (Å²) in [6.45, 7) is 10.5. The van der Waals surface area contributed by atoms with Gasteiger partial charge >= 0.3 is 0 Å². The molecule has 0 unspecified atom stereocenters. The lowest BCUT2D eigenvalue weighted by atomic mass is 9.95. The molecule has 2 aromatic carbocycles. The molecule has 36 heavy (non-hydrogen) atoms. The molecule has 3 aromatic rings. The summed E-state index contributed by atoms with van der Waals surface area (Å²) in [5.74, 6) is 0.829. The topological polar surface area (TPSA) is 89.1 Å². The summed E-state index contributed by atoms with van der Waals surface area (Å²) in [4.78, 5) is 14.0. The van der Waals surface area contributed by atoms with E-state index in [0.717, 1.165) is 17.6 Å². The Hall–Kier alpha value is -2.77. The smallest absolute Gasteiger partial charge is 0.204 e. The second-order valence-electron chi connectivity index (χ2n) is 9.23. The number of ether oxygens (including phenoxy) is 2. The van der Waals surface area contributed by atoms with Crippen LogP contribution >= 0.6 is 15.9 Å². The molecule has 7 heteroatoms. The molecule has 3 rings (SSSR count). The van der Waals surface area contributed by atoms with Gasteiger partial charge in [-0.2, -0.15) is 0 Å². The van der Waals surface area contributed by atoms with Gasteiger partial charge in [0.05, 0.1) is 25.2 Å². The second-order valence-corrected chi connectivity index (χ2v) is 10.0. The number of alkyl halides is 1. The molecule has 0 saturated carbocycles. The van der Waals surface area contributed by atoms with E-state index in [1.807, 2.05) is 46.8 Å². The quantitative estimate of drug-likeness (QED) is 0.154. The number of benzene rings is 2. The minimum atomic E-state index is -0.344. The standard InChI is InChI=1S/C29H35BrO6/c1-6-12-34-22-14-25-27(28(32)20(22)10-8-18(4)5)29(33)26-19(9-7-17(2)3)21(16-31)23(35-13-11-30)15-24(26)36-25/h7-8,14-15,31-32H,6,9-13,16H2,1-5H3. The summed E-state index contributed by atoms with van der Waals surface area (Å²) in [7, 11) is 0. The van der Waals surface area contributed by atoms with E-state index in [1.165, 1.54) is 0 Å². The SMILES string of the molecule is CCCOc1cc2oc3cc(OCCBr)c(CO)c(CC=C(C)C)c3c(=O)c2c(O)c1CC=C(C)C. The van der Waals surface area contributed by atoms with Crippen molar-refractivity contribution in [2.45, 2.75) is 60.5 Å². The van der Waals surface area contributed by atoms with Crippen LogP contribution in [0.4, 0.5) is 0 Å². The van der Waals surface area contributed by atoms with Gasteiger partial charge in [0.2, 0.25) is 5.43 Å². The number of aliphatic hydroxyl groups is 1. The van der Waals surface area contributed by atoms with Crippen molar-refractivity contribution in [3.05, 3.63) is 62.3 Å². The number of halogens is 1. The highest BCUT2D eigenvalue weighted by molar-refractivity contribution is 9.09. The van der Waals surface area contributed by atoms with E-state index in [1.54, 1.807) is 12.1 Å². The average molecular weight is 559 g/mol. The maximum atomic E-state index is 14.0. The fraction of sp³-hybridized carbons (Fsp3) is 0.414. The third-order valence-electron chi connectivity index (χ3n) is 5.86. The van der Waals surface area contributed by atoms with Crippen molar-refractivity contribution in [2.24, 2.45) is 0 Å². The molecule has 0 spiro atoms. The predicted octanol–water partition coefficient (Wildman–Crippen LogP) is 6.72. The van der Waals surface area contributed by atoms with E-state index in [-0.39, 0.29) is 28.8 Å². The number of aromatic hydroxyl groups is 1. The van der Waals surface area contributed by atoms with E-state index in [4.69, 9.17) is 13.9 Å². The Labute approximate surface area is 220 Å². The molecular formula is C29H35BrO6. The first-order chi connectivity index (χ1) is 17.2. The largest absolute Gasteiger partial charge is 0.507 e. The molecule has 0 aliphatic carbocycles. The van der Waals surface area contributed by atoms with E-state index >= 15 is 0 Å². The van der Waals surface area contributed by atoms with Crippen LogP contribution in [0.2, 0.25) is 0 Å². The van der Waals surface area contributed by atoms with Crippen LogP contribution in [0, 0.1) is 0 Å². The number of hydrogen-bond donors (Lipinski definition) is 2. The zero-order valence-corrected chi connectivity index (χ0v) is 23.3. The van der Waals surface area contributed by atoms with Crippen LogP contribution in [-0.2, 0) is 19.4 Å². The van der Waals surface area contributed by atoms with Crippen LogP contribution in [0.3, 0.4) is 0 Å². The number of aliphatic hydroxyl groups excluding tert-OH is 1. The van der Waals surface area contributed by atoms with Crippen molar-refractivity contribution in [1.82, 2.24) is 0 Å². The predicted molar refractivity (Wildman–Crippen MR) is 149 cm³/mol. The number of allylic oxidation sites excluding steroid dienone is 4. The van der Waals surface area contributed by atoms with Crippen molar-refractivity contribution in [3.63, 3.8) is 0 Å². The lowest BCUT2D eigenvalue weighted by Gasteiger charge is -2.17. The fourth-order valence-electron chi connectivity index (χ4n) is 4.09. The fourth-order valence-corrected chi connectivity index (χ4v) is 4.25. The lowest BCUT2D eigenvalue weighted by Crippen LogP contribution is -2.11. The summed E-state index contributed by atoms with van der Waals surface area (Å²) in [5.41, 5.74) is 4.13. The van der Waals surface area contributed by atoms with Gasteiger partial charge in [0.25, 0.3) is 0 Å². The van der Waals surface area contributed by atoms with Gasteiger partial charge in [-0.3, -0.25) is 4.79 Å². The summed E-state index contributed by atoms with van der Waals surface area (Å²) in [6.07, 6.45) is 5.62. The Kier molecular flexibility index (Phi) is 9.63. The summed E-state index contributed by atoms with van der Waals surface area (Å²) >= 11 is 3.36. The molecule has 0 saturated heterocycles.